The van der Waals surface area contributed by atoms with Gasteiger partial charge in [0.25, 0.3) is 0 Å². The van der Waals surface area contributed by atoms with Gasteiger partial charge >= 0.3 is 0 Å². The monoisotopic (exact) mass is 288 g/mol. The van der Waals surface area contributed by atoms with Gasteiger partial charge in [0.1, 0.15) is 17.4 Å². The standard InChI is InChI=1S/C14H13ClN4O/c1-10-16-6-7-19(10)14-5-2-11(8-18-14)17-9-12-3-4-13(15)20-12/h2-8,17H,9H2,1H3. The number of furan rings is 1. The predicted octanol–water partition coefficient (Wildman–Crippen LogP) is 3.43. The van der Waals surface area contributed by atoms with Gasteiger partial charge in [-0.2, -0.15) is 0 Å². The Kier molecular flexibility index (Phi) is 3.43. The molecule has 3 heterocycles. The van der Waals surface area contributed by atoms with Crippen LogP contribution in [0.15, 0.2) is 47.3 Å². The van der Waals surface area contributed by atoms with Crippen LogP contribution in [0.3, 0.4) is 0 Å². The fourth-order valence-corrected chi connectivity index (χ4v) is 2.05. The molecule has 0 unspecified atom stereocenters. The normalized spacial score (nSPS) is 10.7. The van der Waals surface area contributed by atoms with E-state index >= 15 is 0 Å². The molecule has 0 atom stereocenters. The van der Waals surface area contributed by atoms with E-state index in [0.29, 0.717) is 11.8 Å². The van der Waals surface area contributed by atoms with E-state index in [1.165, 1.54) is 0 Å². The van der Waals surface area contributed by atoms with E-state index in [1.54, 1.807) is 18.5 Å². The number of aryl methyl sites for hydroxylation is 1. The van der Waals surface area contributed by atoms with Crippen molar-refractivity contribution in [1.82, 2.24) is 14.5 Å². The van der Waals surface area contributed by atoms with E-state index in [1.807, 2.05) is 35.9 Å². The highest BCUT2D eigenvalue weighted by Gasteiger charge is 2.03. The van der Waals surface area contributed by atoms with Gasteiger partial charge in [0.05, 0.1) is 18.4 Å². The van der Waals surface area contributed by atoms with Crippen LogP contribution in [-0.2, 0) is 6.54 Å². The minimum absolute atomic E-state index is 0.394. The maximum absolute atomic E-state index is 5.72. The number of imidazole rings is 1. The number of aromatic nitrogens is 3. The summed E-state index contributed by atoms with van der Waals surface area (Å²) in [6.45, 7) is 2.51. The number of anilines is 1. The van der Waals surface area contributed by atoms with Crippen LogP contribution < -0.4 is 5.32 Å². The minimum atomic E-state index is 0.394. The molecule has 20 heavy (non-hydrogen) atoms. The van der Waals surface area contributed by atoms with Crippen LogP contribution in [0.5, 0.6) is 0 Å². The van der Waals surface area contributed by atoms with Crippen molar-refractivity contribution >= 4 is 17.3 Å². The van der Waals surface area contributed by atoms with E-state index in [4.69, 9.17) is 16.0 Å². The Bertz CT molecular complexity index is 702. The van der Waals surface area contributed by atoms with E-state index < -0.39 is 0 Å². The van der Waals surface area contributed by atoms with E-state index in [0.717, 1.165) is 23.1 Å². The van der Waals surface area contributed by atoms with Gasteiger partial charge in [-0.05, 0) is 42.8 Å². The summed E-state index contributed by atoms with van der Waals surface area (Å²) in [5.74, 6) is 2.53. The molecule has 3 aromatic rings. The first-order valence-electron chi connectivity index (χ1n) is 6.17. The summed E-state index contributed by atoms with van der Waals surface area (Å²) in [6, 6.07) is 7.46. The number of nitrogens with zero attached hydrogens (tertiary/aromatic N) is 3. The highest BCUT2D eigenvalue weighted by atomic mass is 35.5. The molecule has 0 fully saturated rings. The molecule has 0 radical (unpaired) electrons. The van der Waals surface area contributed by atoms with Crippen molar-refractivity contribution in [3.05, 3.63) is 59.7 Å². The van der Waals surface area contributed by atoms with Gasteiger partial charge in [0.2, 0.25) is 0 Å². The molecule has 0 aliphatic carbocycles. The summed E-state index contributed by atoms with van der Waals surface area (Å²) >= 11 is 5.72. The quantitative estimate of drug-likeness (QED) is 0.799. The van der Waals surface area contributed by atoms with Gasteiger partial charge < -0.3 is 9.73 Å². The molecule has 0 aromatic carbocycles. The van der Waals surface area contributed by atoms with Gasteiger partial charge in [-0.15, -0.1) is 0 Å². The largest absolute Gasteiger partial charge is 0.448 e. The second-order valence-electron chi connectivity index (χ2n) is 4.31. The Morgan fingerprint density at radius 2 is 2.15 bits per heavy atom. The summed E-state index contributed by atoms with van der Waals surface area (Å²) in [6.07, 6.45) is 5.42. The van der Waals surface area contributed by atoms with Gasteiger partial charge in [0.15, 0.2) is 5.22 Å². The molecular formula is C14H13ClN4O. The molecule has 3 aromatic heterocycles. The summed E-state index contributed by atoms with van der Waals surface area (Å²) in [5, 5.41) is 3.62. The van der Waals surface area contributed by atoms with Crippen molar-refractivity contribution in [3.63, 3.8) is 0 Å². The first-order chi connectivity index (χ1) is 9.72. The topological polar surface area (TPSA) is 55.9 Å². The van der Waals surface area contributed by atoms with E-state index in [-0.39, 0.29) is 0 Å². The smallest absolute Gasteiger partial charge is 0.193 e. The Hall–Kier alpha value is -2.27. The lowest BCUT2D eigenvalue weighted by molar-refractivity contribution is 0.520. The number of pyridine rings is 1. The minimum Gasteiger partial charge on any atom is -0.448 e. The van der Waals surface area contributed by atoms with Crippen LogP contribution in [0.1, 0.15) is 11.6 Å². The molecule has 6 heteroatoms. The van der Waals surface area contributed by atoms with Crippen LogP contribution in [0, 0.1) is 6.92 Å². The Morgan fingerprint density at radius 1 is 1.25 bits per heavy atom. The van der Waals surface area contributed by atoms with Crippen LogP contribution >= 0.6 is 11.6 Å². The van der Waals surface area contributed by atoms with Crippen molar-refractivity contribution in [2.45, 2.75) is 13.5 Å². The van der Waals surface area contributed by atoms with Gasteiger partial charge in [-0.1, -0.05) is 0 Å². The van der Waals surface area contributed by atoms with Crippen molar-refractivity contribution in [1.29, 1.82) is 0 Å². The average Bonchev–Trinajstić information content (AvgIpc) is 3.06. The summed E-state index contributed by atoms with van der Waals surface area (Å²) in [4.78, 5) is 8.58. The lowest BCUT2D eigenvalue weighted by Gasteiger charge is -2.07. The third-order valence-corrected chi connectivity index (χ3v) is 3.12. The lowest BCUT2D eigenvalue weighted by Crippen LogP contribution is -2.01. The molecule has 3 rings (SSSR count). The molecule has 0 spiro atoms. The number of rotatable bonds is 4. The molecule has 0 aliphatic heterocycles. The molecule has 0 saturated carbocycles. The lowest BCUT2D eigenvalue weighted by atomic mass is 10.3. The highest BCUT2D eigenvalue weighted by molar-refractivity contribution is 6.28. The Morgan fingerprint density at radius 3 is 2.75 bits per heavy atom. The second kappa shape index (κ2) is 5.38. The van der Waals surface area contributed by atoms with Crippen molar-refractivity contribution in [3.8, 4) is 5.82 Å². The number of nitrogens with one attached hydrogen (secondary N) is 1. The fourth-order valence-electron chi connectivity index (χ4n) is 1.89. The third kappa shape index (κ3) is 2.67. The van der Waals surface area contributed by atoms with Crippen LogP contribution in [0.25, 0.3) is 5.82 Å². The molecular weight excluding hydrogens is 276 g/mol. The van der Waals surface area contributed by atoms with Crippen molar-refractivity contribution in [2.24, 2.45) is 0 Å². The maximum Gasteiger partial charge on any atom is 0.193 e. The average molecular weight is 289 g/mol. The third-order valence-electron chi connectivity index (χ3n) is 2.92. The number of halogens is 1. The summed E-state index contributed by atoms with van der Waals surface area (Å²) in [7, 11) is 0. The first-order valence-corrected chi connectivity index (χ1v) is 6.54. The van der Waals surface area contributed by atoms with E-state index in [9.17, 15) is 0 Å². The predicted molar refractivity (Wildman–Crippen MR) is 77.1 cm³/mol. The van der Waals surface area contributed by atoms with Crippen LogP contribution in [0.4, 0.5) is 5.69 Å². The van der Waals surface area contributed by atoms with Crippen molar-refractivity contribution < 1.29 is 4.42 Å². The molecule has 0 bridgehead atoms. The van der Waals surface area contributed by atoms with Crippen molar-refractivity contribution in [2.75, 3.05) is 5.32 Å². The zero-order valence-corrected chi connectivity index (χ0v) is 11.6. The summed E-state index contributed by atoms with van der Waals surface area (Å²) in [5.41, 5.74) is 0.916. The number of hydrogen-bond donors (Lipinski definition) is 1. The second-order valence-corrected chi connectivity index (χ2v) is 4.68. The van der Waals surface area contributed by atoms with Crippen LogP contribution in [-0.4, -0.2) is 14.5 Å². The molecule has 1 N–H and O–H groups in total. The number of hydrogen-bond acceptors (Lipinski definition) is 4. The maximum atomic E-state index is 5.72. The van der Waals surface area contributed by atoms with Gasteiger partial charge in [-0.25, -0.2) is 9.97 Å². The molecule has 102 valence electrons. The van der Waals surface area contributed by atoms with Gasteiger partial charge in [0, 0.05) is 12.4 Å². The Labute approximate surface area is 121 Å². The molecule has 5 nitrogen and oxygen atoms in total. The zero-order valence-electron chi connectivity index (χ0n) is 10.9. The first kappa shape index (κ1) is 12.7. The molecule has 0 aliphatic rings. The van der Waals surface area contributed by atoms with Gasteiger partial charge in [-0.3, -0.25) is 4.57 Å². The van der Waals surface area contributed by atoms with Crippen LogP contribution in [0.2, 0.25) is 5.22 Å². The molecule has 0 amide bonds. The Balaban J connectivity index is 1.69. The fraction of sp³-hybridized carbons (Fsp3) is 0.143. The molecule has 0 saturated heterocycles. The van der Waals surface area contributed by atoms with E-state index in [2.05, 4.69) is 15.3 Å². The summed E-state index contributed by atoms with van der Waals surface area (Å²) < 4.78 is 7.20. The SMILES string of the molecule is Cc1nccn1-c1ccc(NCc2ccc(Cl)o2)cn1. The highest BCUT2D eigenvalue weighted by Crippen LogP contribution is 2.16. The zero-order chi connectivity index (χ0) is 13.9.